The summed E-state index contributed by atoms with van der Waals surface area (Å²) in [6, 6.07) is 15.7. The van der Waals surface area contributed by atoms with Crippen molar-refractivity contribution in [3.05, 3.63) is 65.9 Å². The maximum Gasteiger partial charge on any atom is 0.153 e. The molecule has 0 saturated carbocycles. The number of nitrogens with zero attached hydrogens (tertiary/aromatic N) is 2. The third-order valence-corrected chi connectivity index (χ3v) is 3.80. The van der Waals surface area contributed by atoms with E-state index in [-0.39, 0.29) is 0 Å². The van der Waals surface area contributed by atoms with Gasteiger partial charge in [0, 0.05) is 11.8 Å². The average Bonchev–Trinajstić information content (AvgIpc) is 3.06. The molecule has 2 aromatic carbocycles. The molecule has 0 N–H and O–H groups in total. The smallest absolute Gasteiger partial charge is 0.153 e. The largest absolute Gasteiger partial charge is 0.493 e. The van der Waals surface area contributed by atoms with E-state index in [9.17, 15) is 4.79 Å². The van der Waals surface area contributed by atoms with Crippen molar-refractivity contribution in [2.75, 3.05) is 6.61 Å². The average molecular weight is 320 g/mol. The first-order chi connectivity index (χ1) is 11.7. The lowest BCUT2D eigenvalue weighted by Gasteiger charge is -2.09. The predicted molar refractivity (Wildman–Crippen MR) is 94.9 cm³/mol. The first-order valence-electron chi connectivity index (χ1n) is 8.07. The second-order valence-corrected chi connectivity index (χ2v) is 5.66. The number of hydrogen-bond acceptors (Lipinski definition) is 3. The summed E-state index contributed by atoms with van der Waals surface area (Å²) in [6.45, 7) is 4.78. The van der Waals surface area contributed by atoms with Crippen LogP contribution >= 0.6 is 0 Å². The zero-order valence-electron chi connectivity index (χ0n) is 13.9. The molecule has 0 aliphatic rings. The fourth-order valence-electron chi connectivity index (χ4n) is 2.58. The summed E-state index contributed by atoms with van der Waals surface area (Å²) in [5, 5.41) is 4.60. The SMILES string of the molecule is CCCOc1ccc(-c2nn(-c3ccccc3)cc2C=O)cc1C. The minimum atomic E-state index is 0.570. The van der Waals surface area contributed by atoms with Gasteiger partial charge >= 0.3 is 0 Å². The molecule has 1 aromatic heterocycles. The summed E-state index contributed by atoms with van der Waals surface area (Å²) in [5.74, 6) is 0.871. The van der Waals surface area contributed by atoms with Gasteiger partial charge in [-0.1, -0.05) is 25.1 Å². The van der Waals surface area contributed by atoms with Crippen LogP contribution in [0.25, 0.3) is 16.9 Å². The zero-order valence-corrected chi connectivity index (χ0v) is 13.9. The van der Waals surface area contributed by atoms with Gasteiger partial charge in [-0.25, -0.2) is 4.68 Å². The minimum absolute atomic E-state index is 0.570. The van der Waals surface area contributed by atoms with Crippen molar-refractivity contribution < 1.29 is 9.53 Å². The maximum absolute atomic E-state index is 11.5. The minimum Gasteiger partial charge on any atom is -0.493 e. The van der Waals surface area contributed by atoms with Gasteiger partial charge in [0.05, 0.1) is 17.9 Å². The van der Waals surface area contributed by atoms with E-state index in [0.717, 1.165) is 35.3 Å². The number of carbonyl (C=O) groups excluding carboxylic acids is 1. The Morgan fingerprint density at radius 1 is 1.17 bits per heavy atom. The van der Waals surface area contributed by atoms with Crippen LogP contribution in [0.5, 0.6) is 5.75 Å². The van der Waals surface area contributed by atoms with Crippen molar-refractivity contribution in [3.63, 3.8) is 0 Å². The molecule has 122 valence electrons. The first-order valence-corrected chi connectivity index (χ1v) is 8.07. The number of aryl methyl sites for hydroxylation is 1. The Morgan fingerprint density at radius 2 is 1.96 bits per heavy atom. The van der Waals surface area contributed by atoms with Crippen LogP contribution in [0.1, 0.15) is 29.3 Å². The van der Waals surface area contributed by atoms with E-state index in [1.807, 2.05) is 55.5 Å². The third-order valence-electron chi connectivity index (χ3n) is 3.80. The highest BCUT2D eigenvalue weighted by molar-refractivity contribution is 5.85. The molecule has 4 nitrogen and oxygen atoms in total. The van der Waals surface area contributed by atoms with E-state index >= 15 is 0 Å². The van der Waals surface area contributed by atoms with Crippen LogP contribution in [0, 0.1) is 6.92 Å². The molecule has 0 amide bonds. The quantitative estimate of drug-likeness (QED) is 0.630. The summed E-state index contributed by atoms with van der Waals surface area (Å²) < 4.78 is 7.44. The third kappa shape index (κ3) is 3.23. The van der Waals surface area contributed by atoms with Crippen molar-refractivity contribution in [2.45, 2.75) is 20.3 Å². The van der Waals surface area contributed by atoms with E-state index in [2.05, 4.69) is 12.0 Å². The second-order valence-electron chi connectivity index (χ2n) is 5.66. The molecule has 1 heterocycles. The summed E-state index contributed by atoms with van der Waals surface area (Å²) in [6.07, 6.45) is 3.57. The van der Waals surface area contributed by atoms with E-state index in [0.29, 0.717) is 17.9 Å². The fraction of sp³-hybridized carbons (Fsp3) is 0.200. The van der Waals surface area contributed by atoms with Crippen molar-refractivity contribution in [3.8, 4) is 22.7 Å². The number of aldehydes is 1. The number of rotatable bonds is 6. The molecular formula is C20H20N2O2. The number of aromatic nitrogens is 2. The Balaban J connectivity index is 1.98. The van der Waals surface area contributed by atoms with Gasteiger partial charge in [0.1, 0.15) is 11.4 Å². The van der Waals surface area contributed by atoms with Crippen LogP contribution in [-0.2, 0) is 0 Å². The lowest BCUT2D eigenvalue weighted by atomic mass is 10.1. The van der Waals surface area contributed by atoms with Crippen molar-refractivity contribution in [1.29, 1.82) is 0 Å². The maximum atomic E-state index is 11.5. The van der Waals surface area contributed by atoms with Gasteiger partial charge in [0.25, 0.3) is 0 Å². The molecule has 0 atom stereocenters. The lowest BCUT2D eigenvalue weighted by molar-refractivity contribution is 0.112. The van der Waals surface area contributed by atoms with Gasteiger partial charge < -0.3 is 4.74 Å². The molecular weight excluding hydrogens is 300 g/mol. The van der Waals surface area contributed by atoms with Crippen molar-refractivity contribution >= 4 is 6.29 Å². The van der Waals surface area contributed by atoms with E-state index in [1.165, 1.54) is 0 Å². The monoisotopic (exact) mass is 320 g/mol. The molecule has 3 rings (SSSR count). The van der Waals surface area contributed by atoms with Gasteiger partial charge in [-0.3, -0.25) is 4.79 Å². The van der Waals surface area contributed by atoms with Crippen LogP contribution in [-0.4, -0.2) is 22.7 Å². The number of hydrogen-bond donors (Lipinski definition) is 0. The number of carbonyl (C=O) groups is 1. The van der Waals surface area contributed by atoms with Gasteiger partial charge in [0.15, 0.2) is 6.29 Å². The second kappa shape index (κ2) is 7.13. The summed E-state index contributed by atoms with van der Waals surface area (Å²) >= 11 is 0. The van der Waals surface area contributed by atoms with Crippen LogP contribution in [0.2, 0.25) is 0 Å². The standard InChI is InChI=1S/C20H20N2O2/c1-3-11-24-19-10-9-16(12-15(19)2)20-17(14-23)13-22(21-20)18-7-5-4-6-8-18/h4-10,12-14H,3,11H2,1-2H3. The van der Waals surface area contributed by atoms with Gasteiger partial charge in [-0.2, -0.15) is 5.10 Å². The number of benzene rings is 2. The van der Waals surface area contributed by atoms with Crippen LogP contribution in [0.3, 0.4) is 0 Å². The van der Waals surface area contributed by atoms with E-state index in [1.54, 1.807) is 10.9 Å². The highest BCUT2D eigenvalue weighted by Gasteiger charge is 2.13. The molecule has 0 aliphatic carbocycles. The molecule has 0 fully saturated rings. The lowest BCUT2D eigenvalue weighted by Crippen LogP contribution is -1.97. The zero-order chi connectivity index (χ0) is 16.9. The van der Waals surface area contributed by atoms with E-state index < -0.39 is 0 Å². The summed E-state index contributed by atoms with van der Waals surface area (Å²) in [5.41, 5.74) is 4.12. The molecule has 24 heavy (non-hydrogen) atoms. The predicted octanol–water partition coefficient (Wildman–Crippen LogP) is 4.45. The highest BCUT2D eigenvalue weighted by atomic mass is 16.5. The molecule has 0 spiro atoms. The fourth-order valence-corrected chi connectivity index (χ4v) is 2.58. The first kappa shape index (κ1) is 16.0. The topological polar surface area (TPSA) is 44.1 Å². The Labute approximate surface area is 141 Å². The summed E-state index contributed by atoms with van der Waals surface area (Å²) in [7, 11) is 0. The molecule has 4 heteroatoms. The van der Waals surface area contributed by atoms with E-state index in [4.69, 9.17) is 4.74 Å². The molecule has 0 radical (unpaired) electrons. The van der Waals surface area contributed by atoms with Gasteiger partial charge in [0.2, 0.25) is 0 Å². The Kier molecular flexibility index (Phi) is 4.75. The highest BCUT2D eigenvalue weighted by Crippen LogP contribution is 2.28. The summed E-state index contributed by atoms with van der Waals surface area (Å²) in [4.78, 5) is 11.5. The number of ether oxygens (including phenoxy) is 1. The molecule has 3 aromatic rings. The Morgan fingerprint density at radius 3 is 2.62 bits per heavy atom. The van der Waals surface area contributed by atoms with Gasteiger partial charge in [-0.05, 0) is 49.2 Å². The van der Waals surface area contributed by atoms with Crippen LogP contribution in [0.15, 0.2) is 54.7 Å². The van der Waals surface area contributed by atoms with Crippen molar-refractivity contribution in [2.24, 2.45) is 0 Å². The molecule has 0 aliphatic heterocycles. The Hall–Kier alpha value is -2.88. The molecule has 0 bridgehead atoms. The van der Waals surface area contributed by atoms with Gasteiger partial charge in [-0.15, -0.1) is 0 Å². The van der Waals surface area contributed by atoms with Crippen LogP contribution in [0.4, 0.5) is 0 Å². The normalized spacial score (nSPS) is 10.6. The number of para-hydroxylation sites is 1. The van der Waals surface area contributed by atoms with Crippen molar-refractivity contribution in [1.82, 2.24) is 9.78 Å². The van der Waals surface area contributed by atoms with Crippen LogP contribution < -0.4 is 4.74 Å². The molecule has 0 saturated heterocycles. The molecule has 0 unspecified atom stereocenters. The Bertz CT molecular complexity index is 838.